The predicted molar refractivity (Wildman–Crippen MR) is 59.0 cm³/mol. The van der Waals surface area contributed by atoms with Crippen LogP contribution < -0.4 is 5.73 Å². The van der Waals surface area contributed by atoms with Gasteiger partial charge in [0.15, 0.2) is 0 Å². The van der Waals surface area contributed by atoms with E-state index < -0.39 is 0 Å². The summed E-state index contributed by atoms with van der Waals surface area (Å²) in [6.07, 6.45) is 6.27. The molecule has 0 bridgehead atoms. The van der Waals surface area contributed by atoms with Crippen molar-refractivity contribution in [2.24, 2.45) is 11.7 Å². The van der Waals surface area contributed by atoms with Crippen molar-refractivity contribution >= 4 is 11.8 Å². The highest BCUT2D eigenvalue weighted by molar-refractivity contribution is 7.99. The number of thioether (sulfide) groups is 1. The van der Waals surface area contributed by atoms with Crippen molar-refractivity contribution < 1.29 is 5.11 Å². The van der Waals surface area contributed by atoms with Crippen LogP contribution in [-0.4, -0.2) is 29.3 Å². The number of aliphatic hydroxyl groups is 1. The first kappa shape index (κ1) is 11.3. The van der Waals surface area contributed by atoms with Gasteiger partial charge in [-0.3, -0.25) is 0 Å². The van der Waals surface area contributed by atoms with Gasteiger partial charge >= 0.3 is 0 Å². The van der Waals surface area contributed by atoms with E-state index in [1.165, 1.54) is 31.4 Å². The molecular formula is C10H21NOS. The van der Waals surface area contributed by atoms with Crippen molar-refractivity contribution in [1.82, 2.24) is 0 Å². The van der Waals surface area contributed by atoms with E-state index in [-0.39, 0.29) is 6.10 Å². The third-order valence-corrected chi connectivity index (χ3v) is 3.93. The molecular weight excluding hydrogens is 182 g/mol. The van der Waals surface area contributed by atoms with Gasteiger partial charge in [-0.25, -0.2) is 0 Å². The van der Waals surface area contributed by atoms with Crippen molar-refractivity contribution in [3.05, 3.63) is 0 Å². The summed E-state index contributed by atoms with van der Waals surface area (Å²) in [7, 11) is 0. The molecule has 2 nitrogen and oxygen atoms in total. The van der Waals surface area contributed by atoms with Gasteiger partial charge in [-0.05, 0) is 36.7 Å². The van der Waals surface area contributed by atoms with E-state index in [1.807, 2.05) is 11.8 Å². The molecule has 1 aliphatic carbocycles. The van der Waals surface area contributed by atoms with Gasteiger partial charge in [0.2, 0.25) is 0 Å². The summed E-state index contributed by atoms with van der Waals surface area (Å²) in [4.78, 5) is 0. The maximum absolute atomic E-state index is 9.21. The molecule has 13 heavy (non-hydrogen) atoms. The molecule has 1 aliphatic rings. The zero-order chi connectivity index (χ0) is 9.52. The van der Waals surface area contributed by atoms with Gasteiger partial charge < -0.3 is 10.8 Å². The van der Waals surface area contributed by atoms with Gasteiger partial charge in [0.25, 0.3) is 0 Å². The molecule has 0 aromatic carbocycles. The van der Waals surface area contributed by atoms with Gasteiger partial charge in [0.05, 0.1) is 6.10 Å². The highest BCUT2D eigenvalue weighted by Crippen LogP contribution is 2.27. The zero-order valence-electron chi connectivity index (χ0n) is 8.24. The molecule has 1 fully saturated rings. The Bertz CT molecular complexity index is 126. The molecule has 3 heteroatoms. The molecule has 1 rings (SSSR count). The van der Waals surface area contributed by atoms with E-state index in [4.69, 9.17) is 5.73 Å². The Labute approximate surface area is 85.3 Å². The first-order valence-electron chi connectivity index (χ1n) is 5.29. The Morgan fingerprint density at radius 3 is 2.69 bits per heavy atom. The first-order chi connectivity index (χ1) is 6.33. The molecule has 0 saturated heterocycles. The van der Waals surface area contributed by atoms with E-state index in [2.05, 4.69) is 0 Å². The minimum atomic E-state index is -0.281. The van der Waals surface area contributed by atoms with E-state index in [9.17, 15) is 5.11 Å². The van der Waals surface area contributed by atoms with Crippen molar-refractivity contribution in [3.8, 4) is 0 Å². The molecule has 0 aliphatic heterocycles. The fraction of sp³-hybridized carbons (Fsp3) is 1.00. The second-order valence-electron chi connectivity index (χ2n) is 3.90. The SMILES string of the molecule is NCC(O)CCSCC1CCCC1. The molecule has 0 radical (unpaired) electrons. The second kappa shape index (κ2) is 6.68. The van der Waals surface area contributed by atoms with Crippen LogP contribution in [0.4, 0.5) is 0 Å². The fourth-order valence-electron chi connectivity index (χ4n) is 1.76. The topological polar surface area (TPSA) is 46.2 Å². The van der Waals surface area contributed by atoms with Crippen LogP contribution >= 0.6 is 11.8 Å². The minimum Gasteiger partial charge on any atom is -0.392 e. The van der Waals surface area contributed by atoms with Crippen molar-refractivity contribution in [2.75, 3.05) is 18.1 Å². The van der Waals surface area contributed by atoms with Crippen LogP contribution in [-0.2, 0) is 0 Å². The molecule has 0 amide bonds. The second-order valence-corrected chi connectivity index (χ2v) is 5.05. The van der Waals surface area contributed by atoms with E-state index in [1.54, 1.807) is 0 Å². The highest BCUT2D eigenvalue weighted by atomic mass is 32.2. The predicted octanol–water partition coefficient (Wildman–Crippen LogP) is 1.62. The van der Waals surface area contributed by atoms with Crippen molar-refractivity contribution in [2.45, 2.75) is 38.2 Å². The standard InChI is InChI=1S/C10H21NOS/c11-7-10(12)5-6-13-8-9-3-1-2-4-9/h9-10,12H,1-8,11H2. The summed E-state index contributed by atoms with van der Waals surface area (Å²) >= 11 is 1.98. The van der Waals surface area contributed by atoms with Gasteiger partial charge in [0, 0.05) is 6.54 Å². The average Bonchev–Trinajstić information content (AvgIpc) is 2.64. The molecule has 0 heterocycles. The van der Waals surface area contributed by atoms with Crippen LogP contribution in [0.15, 0.2) is 0 Å². The smallest absolute Gasteiger partial charge is 0.0670 e. The summed E-state index contributed by atoms with van der Waals surface area (Å²) in [5.41, 5.74) is 5.32. The molecule has 0 aromatic rings. The van der Waals surface area contributed by atoms with Crippen LogP contribution in [0, 0.1) is 5.92 Å². The summed E-state index contributed by atoms with van der Waals surface area (Å²) in [6, 6.07) is 0. The minimum absolute atomic E-state index is 0.281. The molecule has 78 valence electrons. The number of rotatable bonds is 6. The third-order valence-electron chi connectivity index (χ3n) is 2.70. The molecule has 1 unspecified atom stereocenters. The Kier molecular flexibility index (Phi) is 5.83. The largest absolute Gasteiger partial charge is 0.392 e. The van der Waals surface area contributed by atoms with Crippen LogP contribution in [0.1, 0.15) is 32.1 Å². The quantitative estimate of drug-likeness (QED) is 0.645. The van der Waals surface area contributed by atoms with Gasteiger partial charge in [-0.2, -0.15) is 11.8 Å². The van der Waals surface area contributed by atoms with E-state index in [0.29, 0.717) is 6.54 Å². The van der Waals surface area contributed by atoms with E-state index >= 15 is 0 Å². The average molecular weight is 203 g/mol. The Hall–Kier alpha value is 0.270. The van der Waals surface area contributed by atoms with E-state index in [0.717, 1.165) is 18.1 Å². The van der Waals surface area contributed by atoms with Gasteiger partial charge in [-0.1, -0.05) is 12.8 Å². The molecule has 1 saturated carbocycles. The Morgan fingerprint density at radius 2 is 2.08 bits per heavy atom. The van der Waals surface area contributed by atoms with Gasteiger partial charge in [0.1, 0.15) is 0 Å². The maximum Gasteiger partial charge on any atom is 0.0670 e. The molecule has 1 atom stereocenters. The maximum atomic E-state index is 9.21. The number of hydrogen-bond donors (Lipinski definition) is 2. The van der Waals surface area contributed by atoms with Crippen LogP contribution in [0.2, 0.25) is 0 Å². The number of aliphatic hydroxyl groups excluding tert-OH is 1. The van der Waals surface area contributed by atoms with Gasteiger partial charge in [-0.15, -0.1) is 0 Å². The molecule has 3 N–H and O–H groups in total. The summed E-state index contributed by atoms with van der Waals surface area (Å²) < 4.78 is 0. The lowest BCUT2D eigenvalue weighted by Gasteiger charge is -2.09. The lowest BCUT2D eigenvalue weighted by atomic mass is 10.1. The zero-order valence-corrected chi connectivity index (χ0v) is 9.06. The third kappa shape index (κ3) is 4.89. The summed E-state index contributed by atoms with van der Waals surface area (Å²) in [5.74, 6) is 3.31. The highest BCUT2D eigenvalue weighted by Gasteiger charge is 2.14. The molecule has 0 spiro atoms. The Balaban J connectivity index is 1.88. The normalized spacial score (nSPS) is 20.8. The fourth-order valence-corrected chi connectivity index (χ4v) is 3.04. The van der Waals surface area contributed by atoms with Crippen LogP contribution in [0.25, 0.3) is 0 Å². The monoisotopic (exact) mass is 203 g/mol. The lowest BCUT2D eigenvalue weighted by Crippen LogP contribution is -2.20. The summed E-state index contributed by atoms with van der Waals surface area (Å²) in [5, 5.41) is 9.21. The lowest BCUT2D eigenvalue weighted by molar-refractivity contribution is 0.180. The van der Waals surface area contributed by atoms with Crippen LogP contribution in [0.3, 0.4) is 0 Å². The number of nitrogens with two attached hydrogens (primary N) is 1. The van der Waals surface area contributed by atoms with Crippen LogP contribution in [0.5, 0.6) is 0 Å². The Morgan fingerprint density at radius 1 is 1.38 bits per heavy atom. The first-order valence-corrected chi connectivity index (χ1v) is 6.44. The number of hydrogen-bond acceptors (Lipinski definition) is 3. The van der Waals surface area contributed by atoms with Crippen molar-refractivity contribution in [1.29, 1.82) is 0 Å². The summed E-state index contributed by atoms with van der Waals surface area (Å²) in [6.45, 7) is 0.407. The van der Waals surface area contributed by atoms with Crippen molar-refractivity contribution in [3.63, 3.8) is 0 Å². The molecule has 0 aromatic heterocycles.